The van der Waals surface area contributed by atoms with E-state index in [1.54, 1.807) is 11.8 Å². The van der Waals surface area contributed by atoms with Crippen molar-refractivity contribution in [2.75, 3.05) is 5.73 Å². The number of rotatable bonds is 3. The predicted octanol–water partition coefficient (Wildman–Crippen LogP) is 2.38. The molecule has 0 radical (unpaired) electrons. The van der Waals surface area contributed by atoms with Crippen molar-refractivity contribution >= 4 is 35.1 Å². The number of nitrogen functional groups attached to an aromatic ring is 1. The number of aliphatic imine (C=N–C) groups is 1. The molecule has 3 N–H and O–H groups in total. The number of aromatic amines is 1. The summed E-state index contributed by atoms with van der Waals surface area (Å²) in [5, 5.41) is 11.4. The lowest BCUT2D eigenvalue weighted by atomic mass is 9.99. The highest BCUT2D eigenvalue weighted by Gasteiger charge is 2.15. The van der Waals surface area contributed by atoms with Crippen molar-refractivity contribution in [3.8, 4) is 0 Å². The number of nitrogens with zero attached hydrogens (tertiary/aromatic N) is 5. The Bertz CT molecular complexity index is 918. The number of nitrogens with one attached hydrogen (secondary N) is 1. The van der Waals surface area contributed by atoms with Crippen LogP contribution in [-0.2, 0) is 12.2 Å². The van der Waals surface area contributed by atoms with E-state index < -0.39 is 0 Å². The Morgan fingerprint density at radius 2 is 2.21 bits per heavy atom. The smallest absolute Gasteiger partial charge is 0.223 e. The third kappa shape index (κ3) is 2.84. The van der Waals surface area contributed by atoms with Gasteiger partial charge in [-0.15, -0.1) is 5.10 Å². The molecule has 2 aromatic heterocycles. The summed E-state index contributed by atoms with van der Waals surface area (Å²) in [5.41, 5.74) is 10.7. The number of H-pyrrole nitrogens is 1. The van der Waals surface area contributed by atoms with Crippen molar-refractivity contribution in [1.29, 1.82) is 0 Å². The van der Waals surface area contributed by atoms with Gasteiger partial charge in [0.05, 0.1) is 0 Å². The molecule has 3 aromatic rings. The first-order chi connectivity index (χ1) is 11.7. The van der Waals surface area contributed by atoms with Gasteiger partial charge >= 0.3 is 0 Å². The van der Waals surface area contributed by atoms with Gasteiger partial charge in [0.25, 0.3) is 0 Å². The van der Waals surface area contributed by atoms with Crippen molar-refractivity contribution in [1.82, 2.24) is 25.4 Å². The number of hydrogen-bond acceptors (Lipinski definition) is 7. The van der Waals surface area contributed by atoms with Crippen LogP contribution in [0.4, 0.5) is 5.95 Å². The quantitative estimate of drug-likeness (QED) is 0.560. The number of hydrogen-bond donors (Lipinski definition) is 2. The maximum absolute atomic E-state index is 5.76. The molecule has 1 aliphatic heterocycles. The van der Waals surface area contributed by atoms with E-state index in [2.05, 4.69) is 55.5 Å². The molecule has 0 fully saturated rings. The second-order valence-corrected chi connectivity index (χ2v) is 6.79. The van der Waals surface area contributed by atoms with Gasteiger partial charge in [0.1, 0.15) is 5.03 Å². The zero-order chi connectivity index (χ0) is 16.5. The van der Waals surface area contributed by atoms with Gasteiger partial charge in [-0.05, 0) is 36.5 Å². The summed E-state index contributed by atoms with van der Waals surface area (Å²) in [6.07, 6.45) is 4.16. The zero-order valence-corrected chi connectivity index (χ0v) is 14.0. The van der Waals surface area contributed by atoms with E-state index in [0.717, 1.165) is 23.6 Å². The summed E-state index contributed by atoms with van der Waals surface area (Å²) in [5.74, 6) is 0.975. The average Bonchev–Trinajstić information content (AvgIpc) is 2.96. The van der Waals surface area contributed by atoms with E-state index >= 15 is 0 Å². The molecule has 0 amide bonds. The van der Waals surface area contributed by atoms with E-state index in [-0.39, 0.29) is 5.95 Å². The number of benzene rings is 1. The highest BCUT2D eigenvalue weighted by Crippen LogP contribution is 2.29. The van der Waals surface area contributed by atoms with Crippen LogP contribution in [0.25, 0.3) is 11.2 Å². The highest BCUT2D eigenvalue weighted by molar-refractivity contribution is 7.98. The number of aryl methyl sites for hydroxylation is 1. The molecule has 122 valence electrons. The molecule has 7 nitrogen and oxygen atoms in total. The number of aromatic nitrogens is 5. The van der Waals surface area contributed by atoms with Gasteiger partial charge in [-0.1, -0.05) is 30.0 Å². The molecule has 0 aliphatic carbocycles. The van der Waals surface area contributed by atoms with Crippen molar-refractivity contribution in [3.63, 3.8) is 0 Å². The van der Waals surface area contributed by atoms with Gasteiger partial charge in [0.15, 0.2) is 5.52 Å². The summed E-state index contributed by atoms with van der Waals surface area (Å²) in [7, 11) is 0. The van der Waals surface area contributed by atoms with Crippen LogP contribution in [0.5, 0.6) is 0 Å². The summed E-state index contributed by atoms with van der Waals surface area (Å²) in [6, 6.07) is 6.80. The third-order valence-electron chi connectivity index (χ3n) is 4.11. The maximum Gasteiger partial charge on any atom is 0.223 e. The van der Waals surface area contributed by atoms with E-state index in [4.69, 9.17) is 5.73 Å². The van der Waals surface area contributed by atoms with E-state index in [0.29, 0.717) is 17.2 Å². The monoisotopic (exact) mass is 339 g/mol. The van der Waals surface area contributed by atoms with E-state index in [1.165, 1.54) is 16.7 Å². The molecule has 1 aromatic carbocycles. The Morgan fingerprint density at radius 3 is 3.12 bits per heavy atom. The second-order valence-electron chi connectivity index (χ2n) is 5.83. The first-order valence-corrected chi connectivity index (χ1v) is 8.80. The average molecular weight is 339 g/mol. The summed E-state index contributed by atoms with van der Waals surface area (Å²) in [4.78, 5) is 13.0. The summed E-state index contributed by atoms with van der Waals surface area (Å²) >= 11 is 1.59. The summed E-state index contributed by atoms with van der Waals surface area (Å²) in [6.45, 7) is 2.15. The second kappa shape index (κ2) is 6.20. The summed E-state index contributed by atoms with van der Waals surface area (Å²) < 4.78 is 0. The minimum atomic E-state index is 0.209. The lowest BCUT2D eigenvalue weighted by molar-refractivity contribution is 0.677. The largest absolute Gasteiger partial charge is 0.368 e. The van der Waals surface area contributed by atoms with Gasteiger partial charge in [-0.3, -0.25) is 4.99 Å². The van der Waals surface area contributed by atoms with Crippen molar-refractivity contribution in [2.45, 2.75) is 36.6 Å². The van der Waals surface area contributed by atoms with Gasteiger partial charge in [0, 0.05) is 18.0 Å². The lowest BCUT2D eigenvalue weighted by Crippen LogP contribution is -1.99. The number of nitrogens with two attached hydrogens (primary N) is 1. The van der Waals surface area contributed by atoms with Crippen LogP contribution in [0.3, 0.4) is 0 Å². The Kier molecular flexibility index (Phi) is 3.89. The van der Waals surface area contributed by atoms with Crippen molar-refractivity contribution in [2.24, 2.45) is 4.99 Å². The molecule has 24 heavy (non-hydrogen) atoms. The van der Waals surface area contributed by atoms with Crippen LogP contribution >= 0.6 is 11.8 Å². The van der Waals surface area contributed by atoms with E-state index in [1.807, 2.05) is 6.21 Å². The first-order valence-electron chi connectivity index (χ1n) is 7.81. The fourth-order valence-corrected chi connectivity index (χ4v) is 3.78. The SMILES string of the molecule is CC1CCc2cccc(CSc3nc(N)nc4n[nH]nc34)c2C=N1. The van der Waals surface area contributed by atoms with Crippen molar-refractivity contribution < 1.29 is 0 Å². The highest BCUT2D eigenvalue weighted by atomic mass is 32.2. The Labute approximate surface area is 143 Å². The molecule has 4 rings (SSSR count). The molecule has 1 unspecified atom stereocenters. The van der Waals surface area contributed by atoms with Crippen molar-refractivity contribution in [3.05, 3.63) is 34.9 Å². The van der Waals surface area contributed by atoms with Gasteiger partial charge < -0.3 is 5.73 Å². The third-order valence-corrected chi connectivity index (χ3v) is 5.12. The fraction of sp³-hybridized carbons (Fsp3) is 0.312. The maximum atomic E-state index is 5.76. The number of thioether (sulfide) groups is 1. The normalized spacial score (nSPS) is 17.0. The Balaban J connectivity index is 1.65. The molecule has 1 atom stereocenters. The molecule has 3 heterocycles. The molecular weight excluding hydrogens is 322 g/mol. The van der Waals surface area contributed by atoms with E-state index in [9.17, 15) is 0 Å². The number of anilines is 1. The van der Waals surface area contributed by atoms with Crippen LogP contribution in [0.2, 0.25) is 0 Å². The molecular formula is C16H17N7S. The zero-order valence-electron chi connectivity index (χ0n) is 13.2. The van der Waals surface area contributed by atoms with Crippen LogP contribution in [0.15, 0.2) is 28.2 Å². The molecule has 0 saturated carbocycles. The Morgan fingerprint density at radius 1 is 1.29 bits per heavy atom. The number of fused-ring (bicyclic) bond motifs is 2. The minimum Gasteiger partial charge on any atom is -0.368 e. The van der Waals surface area contributed by atoms with Crippen LogP contribution < -0.4 is 5.73 Å². The molecule has 0 saturated heterocycles. The standard InChI is InChI=1S/C16H17N7S/c1-9-5-6-10-3-2-4-11(12(10)7-18-9)8-24-15-13-14(22-23-21-13)19-16(17)20-15/h2-4,7,9H,5-6,8H2,1H3,(H3,17,19,20,21,22,23). The van der Waals surface area contributed by atoms with Gasteiger partial charge in [-0.2, -0.15) is 15.3 Å². The molecule has 0 spiro atoms. The lowest BCUT2D eigenvalue weighted by Gasteiger charge is -2.09. The van der Waals surface area contributed by atoms with Crippen LogP contribution in [-0.4, -0.2) is 37.6 Å². The van der Waals surface area contributed by atoms with Crippen LogP contribution in [0, 0.1) is 0 Å². The topological polar surface area (TPSA) is 106 Å². The molecule has 8 heteroatoms. The first kappa shape index (κ1) is 15.1. The van der Waals surface area contributed by atoms with Gasteiger partial charge in [-0.25, -0.2) is 4.98 Å². The van der Waals surface area contributed by atoms with Gasteiger partial charge in [0.2, 0.25) is 11.6 Å². The minimum absolute atomic E-state index is 0.209. The molecule has 0 bridgehead atoms. The fourth-order valence-electron chi connectivity index (χ4n) is 2.80. The van der Waals surface area contributed by atoms with Crippen LogP contribution in [0.1, 0.15) is 30.0 Å². The Hall–Kier alpha value is -2.48. The predicted molar refractivity (Wildman–Crippen MR) is 95.3 cm³/mol. The molecule has 1 aliphatic rings.